The van der Waals surface area contributed by atoms with Crippen molar-refractivity contribution >= 4 is 34.7 Å². The Balaban J connectivity index is 1.27. The van der Waals surface area contributed by atoms with E-state index < -0.39 is 41.3 Å². The van der Waals surface area contributed by atoms with Crippen LogP contribution in [0.15, 0.2) is 42.5 Å². The summed E-state index contributed by atoms with van der Waals surface area (Å²) in [6, 6.07) is 10.0. The van der Waals surface area contributed by atoms with Crippen molar-refractivity contribution < 1.29 is 37.4 Å². The molecule has 2 aliphatic rings. The predicted octanol–water partition coefficient (Wildman–Crippen LogP) is 5.64. The first kappa shape index (κ1) is 37.6. The third-order valence-electron chi connectivity index (χ3n) is 9.85. The van der Waals surface area contributed by atoms with Gasteiger partial charge in [-0.05, 0) is 58.1 Å². The zero-order chi connectivity index (χ0) is 37.0. The first-order chi connectivity index (χ1) is 24.2. The van der Waals surface area contributed by atoms with Crippen LogP contribution in [-0.2, 0) is 28.0 Å². The first-order valence-corrected chi connectivity index (χ1v) is 17.6. The van der Waals surface area contributed by atoms with Crippen molar-refractivity contribution in [1.29, 1.82) is 0 Å². The van der Waals surface area contributed by atoms with Crippen LogP contribution in [0.2, 0.25) is 0 Å². The first-order valence-electron chi connectivity index (χ1n) is 17.6. The Morgan fingerprint density at radius 3 is 2.22 bits per heavy atom. The number of likely N-dealkylation sites (N-methyl/N-ethyl adjacent to an activating group) is 1. The van der Waals surface area contributed by atoms with Crippen molar-refractivity contribution in [2.24, 2.45) is 13.0 Å². The zero-order valence-electron chi connectivity index (χ0n) is 30.3. The van der Waals surface area contributed by atoms with Crippen molar-refractivity contribution in [3.05, 3.63) is 65.4 Å². The second-order valence-electron chi connectivity index (χ2n) is 14.6. The van der Waals surface area contributed by atoms with Gasteiger partial charge in [0.1, 0.15) is 30.0 Å². The van der Waals surface area contributed by atoms with Gasteiger partial charge in [-0.2, -0.15) is 4.39 Å². The molecule has 2 atom stereocenters. The van der Waals surface area contributed by atoms with E-state index in [0.29, 0.717) is 5.52 Å². The van der Waals surface area contributed by atoms with E-state index in [1.165, 1.54) is 22.6 Å². The van der Waals surface area contributed by atoms with Crippen molar-refractivity contribution in [2.75, 3.05) is 33.2 Å². The summed E-state index contributed by atoms with van der Waals surface area (Å²) in [6.07, 6.45) is 3.94. The number of nitrogens with zero attached hydrogens (tertiary/aromatic N) is 4. The third kappa shape index (κ3) is 8.62. The molecule has 0 bridgehead atoms. The lowest BCUT2D eigenvalue weighted by Gasteiger charge is -2.39. The van der Waals surface area contributed by atoms with Crippen LogP contribution in [0, 0.1) is 17.6 Å². The van der Waals surface area contributed by atoms with Crippen LogP contribution in [0.5, 0.6) is 5.75 Å². The fraction of sp³-hybridized carbons (Fsp3) is 0.526. The van der Waals surface area contributed by atoms with Crippen molar-refractivity contribution in [2.45, 2.75) is 84.1 Å². The van der Waals surface area contributed by atoms with Crippen LogP contribution < -0.4 is 10.1 Å². The molecule has 0 spiro atoms. The van der Waals surface area contributed by atoms with Gasteiger partial charge in [0.15, 0.2) is 11.6 Å². The lowest BCUT2D eigenvalue weighted by Crippen LogP contribution is -2.59. The number of fused-ring (bicyclic) bond motifs is 1. The number of rotatable bonds is 9. The number of nitrogens with one attached hydrogen (secondary N) is 1. The molecule has 5 rings (SSSR count). The van der Waals surface area contributed by atoms with E-state index in [2.05, 4.69) is 5.32 Å². The number of benzene rings is 2. The molecule has 276 valence electrons. The van der Waals surface area contributed by atoms with E-state index in [9.17, 15) is 23.6 Å². The molecule has 2 fully saturated rings. The Labute approximate surface area is 297 Å². The average Bonchev–Trinajstić information content (AvgIpc) is 3.44. The normalized spacial score (nSPS) is 16.8. The molecule has 4 amide bonds. The SMILES string of the molecule is C[C@@H](C(=O)N[C@H](C(=O)N1CCN(C(=O)c2cc3c(OCc4ccccc4)c(F)c(F)cc3n2C)CC1)C1CCCCC1)N(C)C(=O)OC(C)(C)C. The minimum atomic E-state index is -1.12. The number of halogens is 2. The molecular formula is C38H49F2N5O6. The quantitative estimate of drug-likeness (QED) is 0.308. The second kappa shape index (κ2) is 15.7. The smallest absolute Gasteiger partial charge is 0.410 e. The second-order valence-corrected chi connectivity index (χ2v) is 14.6. The highest BCUT2D eigenvalue weighted by atomic mass is 19.2. The molecular weight excluding hydrogens is 660 g/mol. The molecule has 0 unspecified atom stereocenters. The predicted molar refractivity (Wildman–Crippen MR) is 188 cm³/mol. The molecule has 2 aromatic carbocycles. The summed E-state index contributed by atoms with van der Waals surface area (Å²) in [4.78, 5) is 58.4. The van der Waals surface area contributed by atoms with Gasteiger partial charge >= 0.3 is 6.09 Å². The lowest BCUT2D eigenvalue weighted by atomic mass is 9.83. The number of amides is 4. The Morgan fingerprint density at radius 2 is 1.59 bits per heavy atom. The molecule has 11 nitrogen and oxygen atoms in total. The highest BCUT2D eigenvalue weighted by Gasteiger charge is 2.38. The summed E-state index contributed by atoms with van der Waals surface area (Å²) < 4.78 is 42.4. The van der Waals surface area contributed by atoms with Crippen molar-refractivity contribution in [3.8, 4) is 5.75 Å². The topological polar surface area (TPSA) is 113 Å². The molecule has 1 saturated carbocycles. The molecule has 1 aliphatic heterocycles. The molecule has 2 heterocycles. The van der Waals surface area contributed by atoms with Gasteiger partial charge < -0.3 is 29.2 Å². The van der Waals surface area contributed by atoms with Gasteiger partial charge in [0.2, 0.25) is 17.6 Å². The number of aryl methyl sites for hydroxylation is 1. The fourth-order valence-electron chi connectivity index (χ4n) is 6.74. The zero-order valence-corrected chi connectivity index (χ0v) is 30.3. The Morgan fingerprint density at radius 1 is 0.961 bits per heavy atom. The number of ether oxygens (including phenoxy) is 2. The van der Waals surface area contributed by atoms with E-state index in [1.807, 2.05) is 30.3 Å². The molecule has 0 radical (unpaired) electrons. The number of aromatic nitrogens is 1. The summed E-state index contributed by atoms with van der Waals surface area (Å²) in [6.45, 7) is 7.81. The van der Waals surface area contributed by atoms with Crippen LogP contribution in [0.25, 0.3) is 10.9 Å². The average molecular weight is 710 g/mol. The number of hydrogen-bond acceptors (Lipinski definition) is 6. The molecule has 1 aromatic heterocycles. The molecule has 13 heteroatoms. The number of carbonyl (C=O) groups is 4. The van der Waals surface area contributed by atoms with Crippen molar-refractivity contribution in [1.82, 2.24) is 24.6 Å². The van der Waals surface area contributed by atoms with Gasteiger partial charge in [-0.1, -0.05) is 49.6 Å². The maximum absolute atomic E-state index is 15.0. The molecule has 1 N–H and O–H groups in total. The van der Waals surface area contributed by atoms with Gasteiger partial charge in [0.25, 0.3) is 5.91 Å². The molecule has 51 heavy (non-hydrogen) atoms. The van der Waals surface area contributed by atoms with Crippen LogP contribution in [-0.4, -0.2) is 94.0 Å². The van der Waals surface area contributed by atoms with Gasteiger partial charge in [-0.15, -0.1) is 0 Å². The molecule has 1 aliphatic carbocycles. The summed E-state index contributed by atoms with van der Waals surface area (Å²) in [5.41, 5.74) is 0.596. The van der Waals surface area contributed by atoms with Crippen LogP contribution in [0.3, 0.4) is 0 Å². The van der Waals surface area contributed by atoms with Gasteiger partial charge in [-0.3, -0.25) is 19.3 Å². The minimum Gasteiger partial charge on any atom is -0.485 e. The van der Waals surface area contributed by atoms with Crippen LogP contribution >= 0.6 is 0 Å². The van der Waals surface area contributed by atoms with E-state index in [4.69, 9.17) is 9.47 Å². The van der Waals surface area contributed by atoms with E-state index in [1.54, 1.807) is 44.5 Å². The van der Waals surface area contributed by atoms with E-state index >= 15 is 4.39 Å². The van der Waals surface area contributed by atoms with E-state index in [0.717, 1.165) is 43.7 Å². The van der Waals surface area contributed by atoms with E-state index in [-0.39, 0.29) is 67.3 Å². The molecule has 1 saturated heterocycles. The Kier molecular flexibility index (Phi) is 11.6. The summed E-state index contributed by atoms with van der Waals surface area (Å²) in [5, 5.41) is 3.24. The Hall–Kier alpha value is -4.68. The van der Waals surface area contributed by atoms with Crippen LogP contribution in [0.4, 0.5) is 13.6 Å². The monoisotopic (exact) mass is 709 g/mol. The summed E-state index contributed by atoms with van der Waals surface area (Å²) >= 11 is 0. The number of hydrogen-bond donors (Lipinski definition) is 1. The highest BCUT2D eigenvalue weighted by Crippen LogP contribution is 2.34. The number of piperazine rings is 1. The standard InChI is InChI=1S/C38H49F2N5O6/c1-24(42(5)37(49)51-38(2,3)4)34(46)41-32(26-15-11-8-12-16-26)36(48)45-19-17-44(18-20-45)35(47)30-21-27-29(43(30)6)22-28(39)31(40)33(27)50-23-25-13-9-7-10-14-25/h7,9-10,13-14,21-22,24,26,32H,8,11-12,15-20,23H2,1-6H3,(H,41,46)/t24-,32-/m0/s1. The number of carbonyl (C=O) groups excluding carboxylic acids is 4. The summed E-state index contributed by atoms with van der Waals surface area (Å²) in [5.74, 6) is -3.53. The van der Waals surface area contributed by atoms with Gasteiger partial charge in [0, 0.05) is 51.7 Å². The Bertz CT molecular complexity index is 1740. The largest absolute Gasteiger partial charge is 0.485 e. The van der Waals surface area contributed by atoms with Gasteiger partial charge in [-0.25, -0.2) is 9.18 Å². The molecule has 3 aromatic rings. The van der Waals surface area contributed by atoms with Crippen molar-refractivity contribution in [3.63, 3.8) is 0 Å². The fourth-order valence-corrected chi connectivity index (χ4v) is 6.74. The maximum Gasteiger partial charge on any atom is 0.410 e. The maximum atomic E-state index is 15.0. The summed E-state index contributed by atoms with van der Waals surface area (Å²) in [7, 11) is 3.11. The van der Waals surface area contributed by atoms with Gasteiger partial charge in [0.05, 0.1) is 5.52 Å². The highest BCUT2D eigenvalue weighted by molar-refractivity contribution is 6.00. The van der Waals surface area contributed by atoms with Crippen LogP contribution in [0.1, 0.15) is 75.9 Å². The lowest BCUT2D eigenvalue weighted by molar-refractivity contribution is -0.140. The third-order valence-corrected chi connectivity index (χ3v) is 9.85. The minimum absolute atomic E-state index is 0.0200.